The molecular formula is C17H23N3OS. The lowest BCUT2D eigenvalue weighted by molar-refractivity contribution is -0.126. The molecule has 0 unspecified atom stereocenters. The standard InChI is InChI=1S/C17H23N3OS/c1-11(22-16-18-3-2-4-19-16)15(21)20-17-8-12-5-13(9-17)7-14(6-12)10-17/h2-4,11-14H,5-10H2,1H3,(H,20,21)/t11-,12?,13?,14?,17?/m0/s1. The Kier molecular flexibility index (Phi) is 3.63. The Morgan fingerprint density at radius 2 is 1.73 bits per heavy atom. The van der Waals surface area contributed by atoms with E-state index < -0.39 is 0 Å². The maximum absolute atomic E-state index is 12.6. The summed E-state index contributed by atoms with van der Waals surface area (Å²) in [6.07, 6.45) is 11.2. The van der Waals surface area contributed by atoms with Gasteiger partial charge in [0.25, 0.3) is 0 Å². The molecule has 0 aliphatic heterocycles. The Labute approximate surface area is 135 Å². The van der Waals surface area contributed by atoms with Gasteiger partial charge in [-0.3, -0.25) is 4.79 Å². The van der Waals surface area contributed by atoms with Gasteiger partial charge in [-0.25, -0.2) is 9.97 Å². The average Bonchev–Trinajstić information content (AvgIpc) is 2.46. The Hall–Kier alpha value is -1.10. The van der Waals surface area contributed by atoms with Crippen molar-refractivity contribution in [3.8, 4) is 0 Å². The lowest BCUT2D eigenvalue weighted by atomic mass is 9.53. The van der Waals surface area contributed by atoms with Crippen LogP contribution in [0.5, 0.6) is 0 Å². The smallest absolute Gasteiger partial charge is 0.233 e. The Bertz CT molecular complexity index is 527. The van der Waals surface area contributed by atoms with Crippen LogP contribution in [0.4, 0.5) is 0 Å². The highest BCUT2D eigenvalue weighted by atomic mass is 32.2. The largest absolute Gasteiger partial charge is 0.350 e. The van der Waals surface area contributed by atoms with E-state index in [-0.39, 0.29) is 16.7 Å². The molecule has 1 aromatic heterocycles. The highest BCUT2D eigenvalue weighted by Crippen LogP contribution is 2.55. The zero-order valence-corrected chi connectivity index (χ0v) is 13.8. The molecule has 0 spiro atoms. The second-order valence-electron chi connectivity index (χ2n) is 7.48. The molecule has 1 N–H and O–H groups in total. The van der Waals surface area contributed by atoms with Crippen LogP contribution >= 0.6 is 11.8 Å². The van der Waals surface area contributed by atoms with Crippen molar-refractivity contribution < 1.29 is 4.79 Å². The Morgan fingerprint density at radius 1 is 1.18 bits per heavy atom. The first-order valence-corrected chi connectivity index (χ1v) is 9.25. The van der Waals surface area contributed by atoms with Crippen molar-refractivity contribution in [2.45, 2.75) is 61.4 Å². The normalized spacial score (nSPS) is 37.0. The van der Waals surface area contributed by atoms with Crippen molar-refractivity contribution >= 4 is 17.7 Å². The molecule has 4 saturated carbocycles. The predicted octanol–water partition coefficient (Wildman–Crippen LogP) is 3.04. The van der Waals surface area contributed by atoms with Crippen LogP contribution in [-0.4, -0.2) is 26.7 Å². The van der Waals surface area contributed by atoms with Crippen LogP contribution in [0.2, 0.25) is 0 Å². The molecule has 4 aliphatic carbocycles. The maximum atomic E-state index is 12.6. The fraction of sp³-hybridized carbons (Fsp3) is 0.706. The summed E-state index contributed by atoms with van der Waals surface area (Å²) >= 11 is 1.45. The zero-order valence-electron chi connectivity index (χ0n) is 13.0. The third kappa shape index (κ3) is 2.75. The van der Waals surface area contributed by atoms with Gasteiger partial charge in [-0.2, -0.15) is 0 Å². The lowest BCUT2D eigenvalue weighted by Gasteiger charge is -2.57. The summed E-state index contributed by atoms with van der Waals surface area (Å²) in [6, 6.07) is 1.80. The summed E-state index contributed by atoms with van der Waals surface area (Å²) in [4.78, 5) is 21.0. The van der Waals surface area contributed by atoms with Gasteiger partial charge >= 0.3 is 0 Å². The van der Waals surface area contributed by atoms with E-state index in [4.69, 9.17) is 0 Å². The first kappa shape index (κ1) is 14.5. The molecule has 118 valence electrons. The third-order valence-corrected chi connectivity index (χ3v) is 6.61. The number of carbonyl (C=O) groups excluding carboxylic acids is 1. The van der Waals surface area contributed by atoms with E-state index in [1.54, 1.807) is 18.5 Å². The lowest BCUT2D eigenvalue weighted by Crippen LogP contribution is -2.60. The van der Waals surface area contributed by atoms with Crippen molar-refractivity contribution in [3.05, 3.63) is 18.5 Å². The predicted molar refractivity (Wildman–Crippen MR) is 86.4 cm³/mol. The molecular weight excluding hydrogens is 294 g/mol. The average molecular weight is 317 g/mol. The fourth-order valence-electron chi connectivity index (χ4n) is 5.18. The van der Waals surface area contributed by atoms with Gasteiger partial charge in [0.2, 0.25) is 5.91 Å². The molecule has 4 bridgehead atoms. The van der Waals surface area contributed by atoms with E-state index in [1.165, 1.54) is 50.3 Å². The van der Waals surface area contributed by atoms with E-state index in [0.717, 1.165) is 17.8 Å². The molecule has 0 radical (unpaired) electrons. The number of carbonyl (C=O) groups is 1. The van der Waals surface area contributed by atoms with E-state index in [1.807, 2.05) is 6.92 Å². The Balaban J connectivity index is 1.41. The summed E-state index contributed by atoms with van der Waals surface area (Å²) in [7, 11) is 0. The third-order valence-electron chi connectivity index (χ3n) is 5.62. The summed E-state index contributed by atoms with van der Waals surface area (Å²) in [5.74, 6) is 2.71. The van der Waals surface area contributed by atoms with Gasteiger partial charge in [0.15, 0.2) is 5.16 Å². The maximum Gasteiger partial charge on any atom is 0.233 e. The van der Waals surface area contributed by atoms with Gasteiger partial charge in [-0.15, -0.1) is 0 Å². The number of aromatic nitrogens is 2. The number of hydrogen-bond acceptors (Lipinski definition) is 4. The van der Waals surface area contributed by atoms with Crippen LogP contribution in [0, 0.1) is 17.8 Å². The van der Waals surface area contributed by atoms with Gasteiger partial charge in [0, 0.05) is 17.9 Å². The molecule has 1 amide bonds. The van der Waals surface area contributed by atoms with Crippen molar-refractivity contribution in [1.82, 2.24) is 15.3 Å². The highest BCUT2D eigenvalue weighted by molar-refractivity contribution is 8.00. The minimum absolute atomic E-state index is 0.0954. The van der Waals surface area contributed by atoms with Crippen LogP contribution in [0.15, 0.2) is 23.6 Å². The van der Waals surface area contributed by atoms with Gasteiger partial charge < -0.3 is 5.32 Å². The molecule has 1 heterocycles. The molecule has 5 rings (SSSR count). The molecule has 22 heavy (non-hydrogen) atoms. The van der Waals surface area contributed by atoms with Crippen molar-refractivity contribution in [1.29, 1.82) is 0 Å². The number of hydrogen-bond donors (Lipinski definition) is 1. The topological polar surface area (TPSA) is 54.9 Å². The van der Waals surface area contributed by atoms with Crippen molar-refractivity contribution in [2.75, 3.05) is 0 Å². The minimum Gasteiger partial charge on any atom is -0.350 e. The van der Waals surface area contributed by atoms with Gasteiger partial charge in [0.1, 0.15) is 0 Å². The van der Waals surface area contributed by atoms with Crippen LogP contribution < -0.4 is 5.32 Å². The van der Waals surface area contributed by atoms with E-state index in [0.29, 0.717) is 5.16 Å². The van der Waals surface area contributed by atoms with Crippen LogP contribution in [-0.2, 0) is 4.79 Å². The van der Waals surface area contributed by atoms with Crippen molar-refractivity contribution in [3.63, 3.8) is 0 Å². The van der Waals surface area contributed by atoms with Crippen LogP contribution in [0.25, 0.3) is 0 Å². The second-order valence-corrected chi connectivity index (χ2v) is 8.79. The van der Waals surface area contributed by atoms with E-state index in [2.05, 4.69) is 15.3 Å². The second kappa shape index (κ2) is 5.52. The quantitative estimate of drug-likeness (QED) is 0.685. The van der Waals surface area contributed by atoms with E-state index >= 15 is 0 Å². The first-order chi connectivity index (χ1) is 10.6. The molecule has 4 nitrogen and oxygen atoms in total. The number of thioether (sulfide) groups is 1. The van der Waals surface area contributed by atoms with Gasteiger partial charge in [-0.1, -0.05) is 11.8 Å². The molecule has 1 aromatic rings. The monoisotopic (exact) mass is 317 g/mol. The number of nitrogens with zero attached hydrogens (tertiary/aromatic N) is 2. The highest BCUT2D eigenvalue weighted by Gasteiger charge is 2.51. The van der Waals surface area contributed by atoms with Gasteiger partial charge in [0.05, 0.1) is 5.25 Å². The van der Waals surface area contributed by atoms with Crippen LogP contribution in [0.3, 0.4) is 0 Å². The molecule has 1 atom stereocenters. The van der Waals surface area contributed by atoms with E-state index in [9.17, 15) is 4.79 Å². The molecule has 4 aliphatic rings. The summed E-state index contributed by atoms with van der Waals surface area (Å²) in [5.41, 5.74) is 0.0954. The van der Waals surface area contributed by atoms with Gasteiger partial charge in [-0.05, 0) is 69.3 Å². The van der Waals surface area contributed by atoms with Crippen LogP contribution in [0.1, 0.15) is 45.4 Å². The number of rotatable bonds is 4. The number of nitrogens with one attached hydrogen (secondary N) is 1. The molecule has 0 saturated heterocycles. The minimum atomic E-state index is -0.143. The summed E-state index contributed by atoms with van der Waals surface area (Å²) < 4.78 is 0. The molecule has 4 fully saturated rings. The Morgan fingerprint density at radius 3 is 2.27 bits per heavy atom. The number of amides is 1. The molecule has 0 aromatic carbocycles. The van der Waals surface area contributed by atoms with Crippen molar-refractivity contribution in [2.24, 2.45) is 17.8 Å². The SMILES string of the molecule is C[C@H](Sc1ncccn1)C(=O)NC12CC3CC(CC(C3)C1)C2. The fourth-order valence-corrected chi connectivity index (χ4v) is 5.91. The zero-order chi connectivity index (χ0) is 15.2. The summed E-state index contributed by atoms with van der Waals surface area (Å²) in [5, 5.41) is 3.96. The molecule has 5 heteroatoms. The summed E-state index contributed by atoms with van der Waals surface area (Å²) in [6.45, 7) is 1.96. The first-order valence-electron chi connectivity index (χ1n) is 8.38.